The molecule has 0 radical (unpaired) electrons. The minimum Gasteiger partial charge on any atom is -0.508 e. The highest BCUT2D eigenvalue weighted by molar-refractivity contribution is 5.95. The first kappa shape index (κ1) is 38.5. The number of phenols is 1. The molecule has 54 heavy (non-hydrogen) atoms. The second-order valence-electron chi connectivity index (χ2n) is 13.1. The highest BCUT2D eigenvalue weighted by atomic mass is 19.2. The van der Waals surface area contributed by atoms with Crippen LogP contribution in [0.15, 0.2) is 97.1 Å². The van der Waals surface area contributed by atoms with Gasteiger partial charge in [-0.05, 0) is 52.6 Å². The summed E-state index contributed by atoms with van der Waals surface area (Å²) in [5.41, 5.74) is 3.21. The molecule has 1 heterocycles. The number of amides is 1. The zero-order chi connectivity index (χ0) is 38.5. The molecule has 0 aliphatic carbocycles. The Morgan fingerprint density at radius 1 is 0.833 bits per heavy atom. The van der Waals surface area contributed by atoms with Crippen LogP contribution >= 0.6 is 0 Å². The number of carbonyl (C=O) groups is 1. The fourth-order valence-corrected chi connectivity index (χ4v) is 6.43. The van der Waals surface area contributed by atoms with E-state index in [1.54, 1.807) is 48.5 Å². The molecule has 13 heteroatoms. The summed E-state index contributed by atoms with van der Waals surface area (Å²) in [4.78, 5) is 14.6. The molecule has 0 aromatic heterocycles. The van der Waals surface area contributed by atoms with Gasteiger partial charge in [0.05, 0.1) is 24.9 Å². The summed E-state index contributed by atoms with van der Waals surface area (Å²) in [6.45, 7) is 0.348. The van der Waals surface area contributed by atoms with Crippen LogP contribution in [0.2, 0.25) is 0 Å². The van der Waals surface area contributed by atoms with E-state index in [4.69, 9.17) is 9.47 Å². The number of rotatable bonds is 12. The molecule has 0 bridgehead atoms. The van der Waals surface area contributed by atoms with Crippen molar-refractivity contribution in [2.24, 2.45) is 0 Å². The summed E-state index contributed by atoms with van der Waals surface area (Å²) in [6.07, 6.45) is -1.83. The Morgan fingerprint density at radius 3 is 2.15 bits per heavy atom. The average Bonchev–Trinajstić information content (AvgIpc) is 3.18. The summed E-state index contributed by atoms with van der Waals surface area (Å²) in [5, 5.41) is 32.5. The van der Waals surface area contributed by atoms with Crippen molar-refractivity contribution in [3.05, 3.63) is 160 Å². The molecular formula is C41H37F5N2O6. The van der Waals surface area contributed by atoms with Gasteiger partial charge >= 0.3 is 0 Å². The molecular weight excluding hydrogens is 711 g/mol. The number of aromatic hydroxyl groups is 1. The average molecular weight is 749 g/mol. The normalized spacial score (nSPS) is 17.8. The van der Waals surface area contributed by atoms with Crippen LogP contribution in [0.25, 0.3) is 11.1 Å². The fraction of sp³-hybridized carbons (Fsp3) is 0.244. The second kappa shape index (κ2) is 16.9. The Hall–Kier alpha value is -5.18. The summed E-state index contributed by atoms with van der Waals surface area (Å²) in [7, 11) is 1.86. The molecule has 1 saturated heterocycles. The lowest BCUT2D eigenvalue weighted by molar-refractivity contribution is -0.252. The lowest BCUT2D eigenvalue weighted by atomic mass is 9.97. The van der Waals surface area contributed by atoms with Crippen molar-refractivity contribution in [3.63, 3.8) is 0 Å². The molecule has 6 rings (SSSR count). The van der Waals surface area contributed by atoms with Crippen LogP contribution in [0, 0.1) is 29.1 Å². The van der Waals surface area contributed by atoms with Gasteiger partial charge in [-0.15, -0.1) is 0 Å². The highest BCUT2D eigenvalue weighted by Gasteiger charge is 2.33. The van der Waals surface area contributed by atoms with Crippen molar-refractivity contribution in [1.82, 2.24) is 10.2 Å². The van der Waals surface area contributed by atoms with Gasteiger partial charge < -0.3 is 35.0 Å². The van der Waals surface area contributed by atoms with Crippen molar-refractivity contribution < 1.29 is 51.5 Å². The van der Waals surface area contributed by atoms with Gasteiger partial charge in [0.2, 0.25) is 5.82 Å². The molecule has 4 N–H and O–H groups in total. The van der Waals surface area contributed by atoms with Crippen molar-refractivity contribution in [1.29, 1.82) is 0 Å². The minimum atomic E-state index is -2.35. The van der Waals surface area contributed by atoms with Crippen molar-refractivity contribution in [2.75, 3.05) is 20.1 Å². The minimum absolute atomic E-state index is 0.0620. The quantitative estimate of drug-likeness (QED) is 0.0599. The summed E-state index contributed by atoms with van der Waals surface area (Å²) in [6, 6.07) is 28.0. The summed E-state index contributed by atoms with van der Waals surface area (Å²) >= 11 is 0. The molecule has 4 atom stereocenters. The van der Waals surface area contributed by atoms with Gasteiger partial charge in [0.1, 0.15) is 11.3 Å². The number of aliphatic hydroxyl groups is 2. The predicted octanol–water partition coefficient (Wildman–Crippen LogP) is 7.39. The van der Waals surface area contributed by atoms with Crippen molar-refractivity contribution in [2.45, 2.75) is 44.2 Å². The van der Waals surface area contributed by atoms with Crippen LogP contribution in [-0.2, 0) is 22.6 Å². The van der Waals surface area contributed by atoms with Gasteiger partial charge in [-0.1, -0.05) is 84.9 Å². The van der Waals surface area contributed by atoms with E-state index in [1.807, 2.05) is 48.3 Å². The lowest BCUT2D eigenvalue weighted by Crippen LogP contribution is -2.39. The fourth-order valence-electron chi connectivity index (χ4n) is 6.43. The molecule has 1 amide bonds. The Bertz CT molecular complexity index is 2070. The third-order valence-electron chi connectivity index (χ3n) is 9.26. The topological polar surface area (TPSA) is 111 Å². The van der Waals surface area contributed by atoms with Crippen LogP contribution in [0.3, 0.4) is 0 Å². The van der Waals surface area contributed by atoms with Crippen LogP contribution in [0.1, 0.15) is 63.1 Å². The van der Waals surface area contributed by atoms with E-state index in [2.05, 4.69) is 5.32 Å². The number of likely N-dealkylation sites (N-methyl/N-ethyl adjacent to an activating group) is 1. The number of aliphatic hydroxyl groups excluding tert-OH is 2. The Labute approximate surface area is 308 Å². The predicted molar refractivity (Wildman–Crippen MR) is 188 cm³/mol. The van der Waals surface area contributed by atoms with Gasteiger partial charge in [-0.25, -0.2) is 22.0 Å². The first-order valence-electron chi connectivity index (χ1n) is 17.1. The zero-order valence-corrected chi connectivity index (χ0v) is 29.0. The molecule has 8 nitrogen and oxygen atoms in total. The Morgan fingerprint density at radius 2 is 1.48 bits per heavy atom. The van der Waals surface area contributed by atoms with E-state index in [1.165, 1.54) is 12.1 Å². The largest absolute Gasteiger partial charge is 0.508 e. The monoisotopic (exact) mass is 748 g/mol. The molecule has 4 unspecified atom stereocenters. The number of ether oxygens (including phenoxy) is 2. The molecule has 282 valence electrons. The van der Waals surface area contributed by atoms with Crippen LogP contribution < -0.4 is 5.32 Å². The molecule has 1 aliphatic heterocycles. The number of nitrogens with one attached hydrogen (secondary N) is 1. The van der Waals surface area contributed by atoms with Gasteiger partial charge in [0.15, 0.2) is 29.6 Å². The van der Waals surface area contributed by atoms with E-state index in [9.17, 15) is 42.1 Å². The molecule has 1 aliphatic rings. The molecule has 5 aromatic rings. The van der Waals surface area contributed by atoms with Crippen LogP contribution in [0.5, 0.6) is 5.75 Å². The van der Waals surface area contributed by atoms with Crippen molar-refractivity contribution in [3.8, 4) is 16.9 Å². The molecule has 5 aromatic carbocycles. The molecule has 0 saturated carbocycles. The summed E-state index contributed by atoms with van der Waals surface area (Å²) < 4.78 is 82.4. The number of hydrogen-bond donors (Lipinski definition) is 4. The van der Waals surface area contributed by atoms with Gasteiger partial charge in [0.25, 0.3) is 5.91 Å². The third kappa shape index (κ3) is 8.61. The zero-order valence-electron chi connectivity index (χ0n) is 29.0. The van der Waals surface area contributed by atoms with E-state index in [-0.39, 0.29) is 37.7 Å². The number of phenolic OH excluding ortho intramolecular Hbond substituents is 1. The van der Waals surface area contributed by atoms with E-state index >= 15 is 0 Å². The first-order chi connectivity index (χ1) is 25.9. The van der Waals surface area contributed by atoms with Gasteiger partial charge in [-0.3, -0.25) is 4.79 Å². The smallest absolute Gasteiger partial charge is 0.257 e. The molecule has 1 fully saturated rings. The maximum atomic E-state index is 14.2. The van der Waals surface area contributed by atoms with Gasteiger partial charge in [0, 0.05) is 31.6 Å². The van der Waals surface area contributed by atoms with Crippen LogP contribution in [-0.4, -0.2) is 52.4 Å². The van der Waals surface area contributed by atoms with Crippen LogP contribution in [0.4, 0.5) is 22.0 Å². The Kier molecular flexibility index (Phi) is 12.0. The molecule has 0 spiro atoms. The number of halogens is 5. The third-order valence-corrected chi connectivity index (χ3v) is 9.26. The van der Waals surface area contributed by atoms with E-state index in [0.29, 0.717) is 40.8 Å². The van der Waals surface area contributed by atoms with E-state index in [0.717, 1.165) is 11.1 Å². The number of benzene rings is 5. The number of hydrogen-bond acceptors (Lipinski definition) is 7. The number of nitrogens with zero attached hydrogens (tertiary/aromatic N) is 1. The Balaban J connectivity index is 1.19. The SMILES string of the molecule is CN(CC1CC(c2ccc(CO)cc2)OC(c2ccc(-c3ccccc3CNC(=O)c3c(F)c(F)c(F)c(F)c3F)cc2)O1)CC(O)c1cccc(O)c1. The number of carbonyl (C=O) groups excluding carboxylic acids is 1. The highest BCUT2D eigenvalue weighted by Crippen LogP contribution is 2.39. The van der Waals surface area contributed by atoms with E-state index < -0.39 is 53.0 Å². The maximum absolute atomic E-state index is 14.2. The van der Waals surface area contributed by atoms with Gasteiger partial charge in [-0.2, -0.15) is 0 Å². The lowest BCUT2D eigenvalue weighted by Gasteiger charge is -2.38. The second-order valence-corrected chi connectivity index (χ2v) is 13.1. The summed E-state index contributed by atoms with van der Waals surface area (Å²) in [5.74, 6) is -12.6. The standard InChI is InChI=1S/C41H37F5N2O6/c1-48(21-32(51)27-6-4-7-29(50)17-27)20-30-18-33(25-11-9-23(22-49)10-12-25)54-41(53-30)26-15-13-24(14-16-26)31-8-3-2-5-28(31)19-47-40(52)34-35(42)37(44)39(46)38(45)36(34)43/h2-17,30,32-33,41,49-51H,18-22H2,1H3,(H,47,52). The van der Waals surface area contributed by atoms with Crippen molar-refractivity contribution >= 4 is 5.91 Å². The maximum Gasteiger partial charge on any atom is 0.257 e. The first-order valence-corrected chi connectivity index (χ1v) is 17.1.